The minimum Gasteiger partial charge on any atom is -0.394 e. The van der Waals surface area contributed by atoms with Crippen LogP contribution in [0.2, 0.25) is 5.02 Å². The second-order valence-corrected chi connectivity index (χ2v) is 7.19. The van der Waals surface area contributed by atoms with Gasteiger partial charge in [-0.3, -0.25) is 0 Å². The van der Waals surface area contributed by atoms with Crippen molar-refractivity contribution in [3.63, 3.8) is 0 Å². The summed E-state index contributed by atoms with van der Waals surface area (Å²) in [4.78, 5) is 12.4. The standard InChI is InChI=1S/C22H21ClN4O/c1-15-20(25-13-24-15)22-21(17-5-3-2-4-6-17)26-14-27(22)19(12-28)11-16-7-9-18(23)10-8-16/h2-10,13-14,19,28H,11-12H2,1H3,(H,24,25). The predicted octanol–water partition coefficient (Wildman–Crippen LogP) is 4.68. The van der Waals surface area contributed by atoms with Gasteiger partial charge in [-0.15, -0.1) is 0 Å². The van der Waals surface area contributed by atoms with E-state index in [1.54, 1.807) is 12.7 Å². The molecule has 2 heterocycles. The van der Waals surface area contributed by atoms with Crippen molar-refractivity contribution < 1.29 is 5.11 Å². The number of imidazole rings is 2. The molecule has 28 heavy (non-hydrogen) atoms. The van der Waals surface area contributed by atoms with Gasteiger partial charge in [0.15, 0.2) is 0 Å². The summed E-state index contributed by atoms with van der Waals surface area (Å²) in [6, 6.07) is 17.6. The summed E-state index contributed by atoms with van der Waals surface area (Å²) in [5.74, 6) is 0. The van der Waals surface area contributed by atoms with Crippen LogP contribution in [0.25, 0.3) is 22.6 Å². The van der Waals surface area contributed by atoms with Crippen LogP contribution in [-0.4, -0.2) is 31.2 Å². The van der Waals surface area contributed by atoms with Crippen molar-refractivity contribution in [3.8, 4) is 22.6 Å². The summed E-state index contributed by atoms with van der Waals surface area (Å²) < 4.78 is 2.03. The third-order valence-electron chi connectivity index (χ3n) is 4.88. The molecule has 6 heteroatoms. The number of hydrogen-bond acceptors (Lipinski definition) is 3. The van der Waals surface area contributed by atoms with Crippen molar-refractivity contribution in [1.82, 2.24) is 19.5 Å². The Morgan fingerprint density at radius 1 is 1.04 bits per heavy atom. The van der Waals surface area contributed by atoms with Crippen LogP contribution in [0.4, 0.5) is 0 Å². The molecule has 4 rings (SSSR count). The molecule has 2 aromatic heterocycles. The van der Waals surface area contributed by atoms with Gasteiger partial charge in [-0.2, -0.15) is 0 Å². The molecular weight excluding hydrogens is 372 g/mol. The highest BCUT2D eigenvalue weighted by Gasteiger charge is 2.23. The molecule has 0 saturated carbocycles. The van der Waals surface area contributed by atoms with Crippen molar-refractivity contribution in [2.75, 3.05) is 6.61 Å². The summed E-state index contributed by atoms with van der Waals surface area (Å²) in [7, 11) is 0. The SMILES string of the molecule is Cc1[nH]cnc1-c1c(-c2ccccc2)ncn1C(CO)Cc1ccc(Cl)cc1. The quantitative estimate of drug-likeness (QED) is 0.500. The second kappa shape index (κ2) is 8.00. The maximum absolute atomic E-state index is 10.2. The van der Waals surface area contributed by atoms with Gasteiger partial charge >= 0.3 is 0 Å². The fourth-order valence-corrected chi connectivity index (χ4v) is 3.55. The van der Waals surface area contributed by atoms with Crippen LogP contribution in [0, 0.1) is 6.92 Å². The number of nitrogens with one attached hydrogen (secondary N) is 1. The Hall–Kier alpha value is -2.89. The van der Waals surface area contributed by atoms with E-state index in [9.17, 15) is 5.11 Å². The lowest BCUT2D eigenvalue weighted by Gasteiger charge is -2.19. The number of aromatic amines is 1. The smallest absolute Gasteiger partial charge is 0.110 e. The summed E-state index contributed by atoms with van der Waals surface area (Å²) in [5.41, 5.74) is 5.67. The molecule has 2 aromatic carbocycles. The Balaban J connectivity index is 1.80. The molecule has 0 aliphatic carbocycles. The number of rotatable bonds is 6. The van der Waals surface area contributed by atoms with Gasteiger partial charge in [0.1, 0.15) is 5.69 Å². The van der Waals surface area contributed by atoms with E-state index in [2.05, 4.69) is 15.0 Å². The molecule has 0 bridgehead atoms. The molecule has 4 aromatic rings. The van der Waals surface area contributed by atoms with Gasteiger partial charge in [-0.05, 0) is 31.0 Å². The van der Waals surface area contributed by atoms with Crippen molar-refractivity contribution in [3.05, 3.63) is 83.5 Å². The average molecular weight is 393 g/mol. The fraction of sp³-hybridized carbons (Fsp3) is 0.182. The Morgan fingerprint density at radius 2 is 1.79 bits per heavy atom. The Kier molecular flexibility index (Phi) is 5.28. The van der Waals surface area contributed by atoms with E-state index >= 15 is 0 Å². The Morgan fingerprint density at radius 3 is 2.43 bits per heavy atom. The molecule has 2 N–H and O–H groups in total. The van der Waals surface area contributed by atoms with Crippen molar-refractivity contribution in [1.29, 1.82) is 0 Å². The van der Waals surface area contributed by atoms with E-state index in [-0.39, 0.29) is 12.6 Å². The van der Waals surface area contributed by atoms with E-state index in [0.29, 0.717) is 11.4 Å². The third-order valence-corrected chi connectivity index (χ3v) is 5.14. The first kappa shape index (κ1) is 18.5. The number of benzene rings is 2. The zero-order chi connectivity index (χ0) is 19.5. The number of aliphatic hydroxyl groups is 1. The molecule has 0 aliphatic rings. The lowest BCUT2D eigenvalue weighted by Crippen LogP contribution is -2.16. The van der Waals surface area contributed by atoms with Crippen LogP contribution < -0.4 is 0 Å². The van der Waals surface area contributed by atoms with Gasteiger partial charge < -0.3 is 14.7 Å². The summed E-state index contributed by atoms with van der Waals surface area (Å²) in [6.07, 6.45) is 4.14. The van der Waals surface area contributed by atoms with Gasteiger partial charge in [0.05, 0.1) is 36.7 Å². The molecule has 142 valence electrons. The summed E-state index contributed by atoms with van der Waals surface area (Å²) in [5, 5.41) is 10.9. The summed E-state index contributed by atoms with van der Waals surface area (Å²) >= 11 is 6.00. The highest BCUT2D eigenvalue weighted by atomic mass is 35.5. The van der Waals surface area contributed by atoms with Gasteiger partial charge in [0.2, 0.25) is 0 Å². The first-order valence-corrected chi connectivity index (χ1v) is 9.53. The van der Waals surface area contributed by atoms with Crippen molar-refractivity contribution >= 4 is 11.6 Å². The molecule has 0 fully saturated rings. The lowest BCUT2D eigenvalue weighted by molar-refractivity contribution is 0.228. The van der Waals surface area contributed by atoms with E-state index in [1.807, 2.05) is 66.1 Å². The average Bonchev–Trinajstić information content (AvgIpc) is 3.34. The topological polar surface area (TPSA) is 66.7 Å². The molecule has 1 unspecified atom stereocenters. The first-order chi connectivity index (χ1) is 13.7. The highest BCUT2D eigenvalue weighted by Crippen LogP contribution is 2.34. The number of H-pyrrole nitrogens is 1. The van der Waals surface area contributed by atoms with Crippen molar-refractivity contribution in [2.24, 2.45) is 0 Å². The highest BCUT2D eigenvalue weighted by molar-refractivity contribution is 6.30. The van der Waals surface area contributed by atoms with E-state index in [4.69, 9.17) is 11.6 Å². The number of halogens is 1. The van der Waals surface area contributed by atoms with Gasteiger partial charge in [-0.1, -0.05) is 54.1 Å². The molecule has 0 aliphatic heterocycles. The molecule has 0 amide bonds. The van der Waals surface area contributed by atoms with Gasteiger partial charge in [-0.25, -0.2) is 9.97 Å². The maximum atomic E-state index is 10.2. The molecule has 0 saturated heterocycles. The van der Waals surface area contributed by atoms with E-state index < -0.39 is 0 Å². The largest absolute Gasteiger partial charge is 0.394 e. The van der Waals surface area contributed by atoms with Crippen LogP contribution >= 0.6 is 11.6 Å². The van der Waals surface area contributed by atoms with E-state index in [0.717, 1.165) is 33.9 Å². The minimum atomic E-state index is -0.169. The number of hydrogen-bond donors (Lipinski definition) is 2. The van der Waals surface area contributed by atoms with Crippen LogP contribution in [-0.2, 0) is 6.42 Å². The Labute approximate surface area is 168 Å². The van der Waals surface area contributed by atoms with E-state index in [1.165, 1.54) is 0 Å². The Bertz CT molecular complexity index is 1050. The van der Waals surface area contributed by atoms with Crippen LogP contribution in [0.15, 0.2) is 67.3 Å². The monoisotopic (exact) mass is 392 g/mol. The number of aromatic nitrogens is 4. The number of aliphatic hydroxyl groups excluding tert-OH is 1. The predicted molar refractivity (Wildman–Crippen MR) is 111 cm³/mol. The van der Waals surface area contributed by atoms with Crippen LogP contribution in [0.3, 0.4) is 0 Å². The maximum Gasteiger partial charge on any atom is 0.110 e. The van der Waals surface area contributed by atoms with Gasteiger partial charge in [0.25, 0.3) is 0 Å². The number of nitrogens with zero attached hydrogens (tertiary/aromatic N) is 3. The molecule has 0 spiro atoms. The van der Waals surface area contributed by atoms with Crippen LogP contribution in [0.1, 0.15) is 17.3 Å². The molecule has 5 nitrogen and oxygen atoms in total. The normalized spacial score (nSPS) is 12.2. The zero-order valence-electron chi connectivity index (χ0n) is 15.5. The van der Waals surface area contributed by atoms with Gasteiger partial charge in [0, 0.05) is 16.3 Å². The molecule has 1 atom stereocenters. The van der Waals surface area contributed by atoms with Crippen molar-refractivity contribution in [2.45, 2.75) is 19.4 Å². The second-order valence-electron chi connectivity index (χ2n) is 6.76. The number of aryl methyl sites for hydroxylation is 1. The fourth-order valence-electron chi connectivity index (χ4n) is 3.42. The molecular formula is C22H21ClN4O. The third kappa shape index (κ3) is 3.59. The zero-order valence-corrected chi connectivity index (χ0v) is 16.3. The van der Waals surface area contributed by atoms with Crippen LogP contribution in [0.5, 0.6) is 0 Å². The molecule has 0 radical (unpaired) electrons. The summed E-state index contributed by atoms with van der Waals surface area (Å²) in [6.45, 7) is 1.98. The minimum absolute atomic E-state index is 0.0102. The lowest BCUT2D eigenvalue weighted by atomic mass is 10.0. The first-order valence-electron chi connectivity index (χ1n) is 9.15.